The van der Waals surface area contributed by atoms with Crippen molar-refractivity contribution in [2.45, 2.75) is 19.9 Å². The minimum atomic E-state index is -0.439. The Morgan fingerprint density at radius 1 is 1.20 bits per heavy atom. The molecule has 6 nitrogen and oxygen atoms in total. The number of aromatic nitrogens is 2. The Hall–Kier alpha value is -2.54. The molecule has 3 aromatic rings. The van der Waals surface area contributed by atoms with Gasteiger partial charge in [0.15, 0.2) is 0 Å². The summed E-state index contributed by atoms with van der Waals surface area (Å²) in [5, 5.41) is 18.9. The first-order valence-electron chi connectivity index (χ1n) is 9.47. The molecular formula is C22H21Cl2N3O3. The number of benzene rings is 2. The zero-order valence-corrected chi connectivity index (χ0v) is 18.3. The van der Waals surface area contributed by atoms with Crippen LogP contribution in [0.2, 0.25) is 10.0 Å². The number of hydrogen-bond donors (Lipinski definition) is 2. The Kier molecular flexibility index (Phi) is 5.49. The Bertz CT molecular complexity index is 1140. The van der Waals surface area contributed by atoms with Crippen molar-refractivity contribution in [3.63, 3.8) is 0 Å². The number of nitrogens with one attached hydrogen (secondary N) is 1. The standard InChI is InChI=1S/C22H21Cl2N3O3/c1-11-8-12(2)21(28)14(9-11)18-17-19(26-25-18)22(29)27(6-7-30-3)20(17)13-4-5-15(23)16(24)10-13/h4-5,8-10,20,28H,6-7H2,1-3H3,(H,25,26). The zero-order valence-electron chi connectivity index (χ0n) is 16.8. The van der Waals surface area contributed by atoms with Gasteiger partial charge in [-0.15, -0.1) is 0 Å². The maximum absolute atomic E-state index is 13.2. The van der Waals surface area contributed by atoms with E-state index in [1.807, 2.05) is 32.0 Å². The quantitative estimate of drug-likeness (QED) is 0.585. The number of phenols is 1. The highest BCUT2D eigenvalue weighted by molar-refractivity contribution is 6.42. The number of phenolic OH excluding ortho intramolecular Hbond substituents is 1. The monoisotopic (exact) mass is 445 g/mol. The maximum Gasteiger partial charge on any atom is 0.273 e. The highest BCUT2D eigenvalue weighted by atomic mass is 35.5. The van der Waals surface area contributed by atoms with Crippen LogP contribution < -0.4 is 0 Å². The molecular weight excluding hydrogens is 425 g/mol. The summed E-state index contributed by atoms with van der Waals surface area (Å²) < 4.78 is 5.21. The van der Waals surface area contributed by atoms with Gasteiger partial charge in [-0.3, -0.25) is 9.89 Å². The van der Waals surface area contributed by atoms with Gasteiger partial charge in [0, 0.05) is 24.8 Å². The summed E-state index contributed by atoms with van der Waals surface area (Å²) in [7, 11) is 1.59. The summed E-state index contributed by atoms with van der Waals surface area (Å²) in [5.41, 5.74) is 4.76. The average Bonchev–Trinajstić information content (AvgIpc) is 3.24. The Labute approximate surface area is 184 Å². The molecule has 2 heterocycles. The minimum absolute atomic E-state index is 0.144. The molecule has 30 heavy (non-hydrogen) atoms. The molecule has 0 fully saturated rings. The van der Waals surface area contributed by atoms with Gasteiger partial charge in [0.05, 0.1) is 22.7 Å². The van der Waals surface area contributed by atoms with Crippen LogP contribution >= 0.6 is 23.2 Å². The van der Waals surface area contributed by atoms with Crippen molar-refractivity contribution >= 4 is 29.1 Å². The van der Waals surface area contributed by atoms with E-state index in [1.165, 1.54) is 0 Å². The lowest BCUT2D eigenvalue weighted by atomic mass is 9.94. The number of hydrogen-bond acceptors (Lipinski definition) is 4. The number of fused-ring (bicyclic) bond motifs is 1. The lowest BCUT2D eigenvalue weighted by Gasteiger charge is -2.26. The molecule has 2 aromatic carbocycles. The van der Waals surface area contributed by atoms with Crippen LogP contribution in [-0.4, -0.2) is 46.4 Å². The molecule has 1 unspecified atom stereocenters. The maximum atomic E-state index is 13.2. The van der Waals surface area contributed by atoms with Gasteiger partial charge in [0.1, 0.15) is 17.1 Å². The van der Waals surface area contributed by atoms with Gasteiger partial charge in [-0.1, -0.05) is 35.3 Å². The highest BCUT2D eigenvalue weighted by Crippen LogP contribution is 2.45. The van der Waals surface area contributed by atoms with Crippen LogP contribution in [-0.2, 0) is 4.74 Å². The molecule has 4 rings (SSSR count). The largest absolute Gasteiger partial charge is 0.507 e. The first kappa shape index (κ1) is 20.7. The third-order valence-electron chi connectivity index (χ3n) is 5.36. The molecule has 0 radical (unpaired) electrons. The van der Waals surface area contributed by atoms with Crippen molar-refractivity contribution in [2.75, 3.05) is 20.3 Å². The summed E-state index contributed by atoms with van der Waals surface area (Å²) in [6, 6.07) is 8.65. The highest BCUT2D eigenvalue weighted by Gasteiger charge is 2.42. The lowest BCUT2D eigenvalue weighted by molar-refractivity contribution is 0.0677. The first-order valence-corrected chi connectivity index (χ1v) is 10.2. The van der Waals surface area contributed by atoms with Crippen LogP contribution in [0.15, 0.2) is 30.3 Å². The normalized spacial score (nSPS) is 15.7. The summed E-state index contributed by atoms with van der Waals surface area (Å²) in [5.74, 6) is -0.0358. The topological polar surface area (TPSA) is 78.5 Å². The van der Waals surface area contributed by atoms with Crippen molar-refractivity contribution in [1.82, 2.24) is 15.1 Å². The third kappa shape index (κ3) is 3.35. The molecule has 0 bridgehead atoms. The fraction of sp³-hybridized carbons (Fsp3) is 0.273. The van der Waals surface area contributed by atoms with Crippen LogP contribution in [0.3, 0.4) is 0 Å². The second-order valence-electron chi connectivity index (χ2n) is 7.41. The number of rotatable bonds is 5. The number of aromatic amines is 1. The van der Waals surface area contributed by atoms with Crippen molar-refractivity contribution in [3.05, 3.63) is 68.3 Å². The van der Waals surface area contributed by atoms with Crippen molar-refractivity contribution in [1.29, 1.82) is 0 Å². The van der Waals surface area contributed by atoms with Crippen LogP contribution in [0, 0.1) is 13.8 Å². The molecule has 8 heteroatoms. The fourth-order valence-corrected chi connectivity index (χ4v) is 4.30. The van der Waals surface area contributed by atoms with E-state index >= 15 is 0 Å². The fourth-order valence-electron chi connectivity index (χ4n) is 3.99. The second kappa shape index (κ2) is 7.95. The van der Waals surface area contributed by atoms with Gasteiger partial charge in [0.2, 0.25) is 0 Å². The van der Waals surface area contributed by atoms with Gasteiger partial charge in [-0.25, -0.2) is 0 Å². The molecule has 0 spiro atoms. The Morgan fingerprint density at radius 2 is 1.97 bits per heavy atom. The van der Waals surface area contributed by atoms with Crippen LogP contribution in [0.4, 0.5) is 0 Å². The second-order valence-corrected chi connectivity index (χ2v) is 8.22. The molecule has 0 saturated carbocycles. The number of ether oxygens (including phenoxy) is 1. The molecule has 156 valence electrons. The summed E-state index contributed by atoms with van der Waals surface area (Å²) in [4.78, 5) is 14.9. The minimum Gasteiger partial charge on any atom is -0.507 e. The van der Waals surface area contributed by atoms with E-state index in [9.17, 15) is 9.90 Å². The molecule has 0 saturated heterocycles. The zero-order chi connectivity index (χ0) is 21.6. The first-order chi connectivity index (χ1) is 14.3. The lowest BCUT2D eigenvalue weighted by Crippen LogP contribution is -2.32. The van der Waals surface area contributed by atoms with Gasteiger partial charge < -0.3 is 14.7 Å². The summed E-state index contributed by atoms with van der Waals surface area (Å²) in [6.45, 7) is 4.56. The van der Waals surface area contributed by atoms with E-state index in [0.29, 0.717) is 45.7 Å². The van der Waals surface area contributed by atoms with E-state index in [2.05, 4.69) is 10.2 Å². The van der Waals surface area contributed by atoms with Crippen molar-refractivity contribution in [3.8, 4) is 17.0 Å². The number of carbonyl (C=O) groups is 1. The predicted molar refractivity (Wildman–Crippen MR) is 116 cm³/mol. The van der Waals surface area contributed by atoms with Crippen LogP contribution in [0.25, 0.3) is 11.3 Å². The summed E-state index contributed by atoms with van der Waals surface area (Å²) in [6.07, 6.45) is 0. The number of amides is 1. The molecule has 1 aliphatic heterocycles. The number of H-pyrrole nitrogens is 1. The van der Waals surface area contributed by atoms with Gasteiger partial charge >= 0.3 is 0 Å². The van der Waals surface area contributed by atoms with Gasteiger partial charge in [0.25, 0.3) is 5.91 Å². The summed E-state index contributed by atoms with van der Waals surface area (Å²) >= 11 is 12.4. The SMILES string of the molecule is COCCN1C(=O)c2[nH]nc(-c3cc(C)cc(C)c3O)c2C1c1ccc(Cl)c(Cl)c1. The number of aromatic hydroxyl groups is 1. The molecule has 2 N–H and O–H groups in total. The van der Waals surface area contributed by atoms with Crippen LogP contribution in [0.5, 0.6) is 5.75 Å². The van der Waals surface area contributed by atoms with Gasteiger partial charge in [-0.05, 0) is 48.7 Å². The van der Waals surface area contributed by atoms with E-state index in [0.717, 1.165) is 16.7 Å². The molecule has 1 amide bonds. The Morgan fingerprint density at radius 3 is 2.67 bits per heavy atom. The van der Waals surface area contributed by atoms with E-state index < -0.39 is 6.04 Å². The smallest absolute Gasteiger partial charge is 0.273 e. The Balaban J connectivity index is 1.93. The van der Waals surface area contributed by atoms with E-state index in [4.69, 9.17) is 27.9 Å². The average molecular weight is 446 g/mol. The van der Waals surface area contributed by atoms with E-state index in [-0.39, 0.29) is 11.7 Å². The molecule has 1 atom stereocenters. The number of aryl methyl sites for hydroxylation is 2. The number of methoxy groups -OCH3 is 1. The number of nitrogens with zero attached hydrogens (tertiary/aromatic N) is 2. The van der Waals surface area contributed by atoms with Crippen molar-refractivity contribution in [2.24, 2.45) is 0 Å². The van der Waals surface area contributed by atoms with Crippen LogP contribution in [0.1, 0.15) is 38.8 Å². The number of carbonyl (C=O) groups excluding carboxylic acids is 1. The third-order valence-corrected chi connectivity index (χ3v) is 6.10. The van der Waals surface area contributed by atoms with Crippen molar-refractivity contribution < 1.29 is 14.6 Å². The predicted octanol–water partition coefficient (Wildman–Crippen LogP) is 4.90. The molecule has 0 aliphatic carbocycles. The van der Waals surface area contributed by atoms with E-state index in [1.54, 1.807) is 24.1 Å². The molecule has 1 aromatic heterocycles. The molecule has 1 aliphatic rings. The van der Waals surface area contributed by atoms with Gasteiger partial charge in [-0.2, -0.15) is 5.10 Å². The number of halogens is 2.